The van der Waals surface area contributed by atoms with Gasteiger partial charge < -0.3 is 9.64 Å². The van der Waals surface area contributed by atoms with Crippen molar-refractivity contribution in [3.63, 3.8) is 0 Å². The summed E-state index contributed by atoms with van der Waals surface area (Å²) in [6.07, 6.45) is 2.32. The van der Waals surface area contributed by atoms with Gasteiger partial charge in [-0.05, 0) is 55.1 Å². The molecule has 0 saturated heterocycles. The Hall–Kier alpha value is -2.95. The van der Waals surface area contributed by atoms with Gasteiger partial charge in [-0.25, -0.2) is 4.98 Å². The van der Waals surface area contributed by atoms with Crippen molar-refractivity contribution in [3.8, 4) is 5.88 Å². The SMILES string of the molecule is COc1nc2ccc(Br)cc2cc1C(/C(=C/CN(C)C)c1ccccc1)c1ccccc1. The van der Waals surface area contributed by atoms with Crippen LogP contribution in [0.5, 0.6) is 5.88 Å². The Labute approximate surface area is 198 Å². The molecule has 3 aromatic carbocycles. The summed E-state index contributed by atoms with van der Waals surface area (Å²) in [5, 5.41) is 1.08. The molecule has 0 spiro atoms. The van der Waals surface area contributed by atoms with Gasteiger partial charge in [0.2, 0.25) is 5.88 Å². The fraction of sp³-hybridized carbons (Fsp3) is 0.179. The number of likely N-dealkylation sites (N-methyl/N-ethyl adjacent to an activating group) is 1. The molecular weight excluding hydrogens is 460 g/mol. The lowest BCUT2D eigenvalue weighted by Crippen LogP contribution is -2.14. The van der Waals surface area contributed by atoms with E-state index in [4.69, 9.17) is 9.72 Å². The van der Waals surface area contributed by atoms with E-state index in [0.29, 0.717) is 5.88 Å². The second kappa shape index (κ2) is 10.1. The van der Waals surface area contributed by atoms with Crippen LogP contribution >= 0.6 is 15.9 Å². The standard InChI is InChI=1S/C28H27BrN2O/c1-31(2)17-16-24(20-10-6-4-7-11-20)27(21-12-8-5-9-13-21)25-19-22-18-23(29)14-15-26(22)30-28(25)32-3/h4-16,18-19,27H,17H2,1-3H3/b24-16+. The van der Waals surface area contributed by atoms with Crippen LogP contribution in [0.25, 0.3) is 16.5 Å². The van der Waals surface area contributed by atoms with E-state index in [0.717, 1.165) is 27.5 Å². The molecule has 0 saturated carbocycles. The second-order valence-electron chi connectivity index (χ2n) is 8.06. The topological polar surface area (TPSA) is 25.4 Å². The lowest BCUT2D eigenvalue weighted by molar-refractivity contribution is 0.394. The first-order valence-electron chi connectivity index (χ1n) is 10.7. The first-order valence-corrected chi connectivity index (χ1v) is 11.5. The van der Waals surface area contributed by atoms with Crippen LogP contribution in [0, 0.1) is 0 Å². The van der Waals surface area contributed by atoms with E-state index in [2.05, 4.69) is 114 Å². The molecule has 1 aromatic heterocycles. The molecule has 3 nitrogen and oxygen atoms in total. The molecule has 4 aromatic rings. The summed E-state index contributed by atoms with van der Waals surface area (Å²) in [5.41, 5.74) is 5.60. The van der Waals surface area contributed by atoms with Gasteiger partial charge in [0, 0.05) is 27.9 Å². The third kappa shape index (κ3) is 4.93. The van der Waals surface area contributed by atoms with Gasteiger partial charge in [0.15, 0.2) is 0 Å². The Morgan fingerprint density at radius 3 is 2.31 bits per heavy atom. The number of allylic oxidation sites excluding steroid dienone is 1. The van der Waals surface area contributed by atoms with E-state index < -0.39 is 0 Å². The number of hydrogen-bond acceptors (Lipinski definition) is 3. The smallest absolute Gasteiger partial charge is 0.217 e. The molecule has 0 fully saturated rings. The van der Waals surface area contributed by atoms with Gasteiger partial charge in [0.25, 0.3) is 0 Å². The first-order chi connectivity index (χ1) is 15.6. The summed E-state index contributed by atoms with van der Waals surface area (Å²) in [6, 6.07) is 29.5. The van der Waals surface area contributed by atoms with E-state index in [9.17, 15) is 0 Å². The molecule has 1 atom stereocenters. The van der Waals surface area contributed by atoms with Gasteiger partial charge in [0.1, 0.15) is 0 Å². The Morgan fingerprint density at radius 2 is 1.66 bits per heavy atom. The first kappa shape index (κ1) is 22.3. The van der Waals surface area contributed by atoms with Gasteiger partial charge in [-0.3, -0.25) is 0 Å². The van der Waals surface area contributed by atoms with Gasteiger partial charge >= 0.3 is 0 Å². The van der Waals surface area contributed by atoms with Crippen molar-refractivity contribution in [2.24, 2.45) is 0 Å². The van der Waals surface area contributed by atoms with Crippen LogP contribution in [0.4, 0.5) is 0 Å². The second-order valence-corrected chi connectivity index (χ2v) is 8.97. The average Bonchev–Trinajstić information content (AvgIpc) is 2.82. The number of halogens is 1. The molecule has 1 unspecified atom stereocenters. The van der Waals surface area contributed by atoms with Crippen LogP contribution in [-0.2, 0) is 0 Å². The Balaban J connectivity index is 2.00. The predicted molar refractivity (Wildman–Crippen MR) is 137 cm³/mol. The zero-order chi connectivity index (χ0) is 22.5. The summed E-state index contributed by atoms with van der Waals surface area (Å²) in [5.74, 6) is 0.629. The number of hydrogen-bond donors (Lipinski definition) is 0. The van der Waals surface area contributed by atoms with Crippen molar-refractivity contribution in [1.29, 1.82) is 0 Å². The van der Waals surface area contributed by atoms with Crippen molar-refractivity contribution in [3.05, 3.63) is 112 Å². The number of pyridine rings is 1. The van der Waals surface area contributed by atoms with Crippen LogP contribution in [0.2, 0.25) is 0 Å². The van der Waals surface area contributed by atoms with Crippen molar-refractivity contribution < 1.29 is 4.74 Å². The van der Waals surface area contributed by atoms with Crippen molar-refractivity contribution in [2.75, 3.05) is 27.7 Å². The lowest BCUT2D eigenvalue weighted by atomic mass is 9.81. The van der Waals surface area contributed by atoms with Crippen LogP contribution < -0.4 is 4.74 Å². The molecule has 0 aliphatic heterocycles. The molecule has 0 amide bonds. The molecule has 0 radical (unpaired) electrons. The molecule has 0 N–H and O–H groups in total. The van der Waals surface area contributed by atoms with Gasteiger partial charge in [-0.1, -0.05) is 82.7 Å². The van der Waals surface area contributed by atoms with Crippen molar-refractivity contribution >= 4 is 32.4 Å². The van der Waals surface area contributed by atoms with Gasteiger partial charge in [0.05, 0.1) is 12.6 Å². The molecule has 162 valence electrons. The lowest BCUT2D eigenvalue weighted by Gasteiger charge is -2.25. The minimum absolute atomic E-state index is 0.0237. The highest BCUT2D eigenvalue weighted by Crippen LogP contribution is 2.42. The minimum Gasteiger partial charge on any atom is -0.481 e. The zero-order valence-corrected chi connectivity index (χ0v) is 20.2. The fourth-order valence-corrected chi connectivity index (χ4v) is 4.38. The minimum atomic E-state index is -0.0237. The van der Waals surface area contributed by atoms with E-state index in [1.165, 1.54) is 16.7 Å². The average molecular weight is 487 g/mol. The Kier molecular flexibility index (Phi) is 7.03. The molecule has 4 rings (SSSR count). The van der Waals surface area contributed by atoms with E-state index in [1.54, 1.807) is 7.11 Å². The maximum absolute atomic E-state index is 5.84. The van der Waals surface area contributed by atoms with Gasteiger partial charge in [-0.15, -0.1) is 0 Å². The molecule has 0 aliphatic carbocycles. The number of ether oxygens (including phenoxy) is 1. The summed E-state index contributed by atoms with van der Waals surface area (Å²) in [6.45, 7) is 0.836. The molecule has 32 heavy (non-hydrogen) atoms. The number of rotatable bonds is 7. The fourth-order valence-electron chi connectivity index (χ4n) is 4.00. The summed E-state index contributed by atoms with van der Waals surface area (Å²) < 4.78 is 6.87. The van der Waals surface area contributed by atoms with Crippen LogP contribution in [0.1, 0.15) is 22.6 Å². The van der Waals surface area contributed by atoms with Crippen LogP contribution in [0.15, 0.2) is 95.5 Å². The third-order valence-corrected chi connectivity index (χ3v) is 5.99. The molecular formula is C28H27BrN2O. The van der Waals surface area contributed by atoms with Gasteiger partial charge in [-0.2, -0.15) is 0 Å². The Bertz CT molecular complexity index is 1220. The van der Waals surface area contributed by atoms with E-state index in [1.807, 2.05) is 12.1 Å². The van der Waals surface area contributed by atoms with E-state index in [-0.39, 0.29) is 5.92 Å². The largest absolute Gasteiger partial charge is 0.481 e. The molecule has 0 aliphatic rings. The Morgan fingerprint density at radius 1 is 0.969 bits per heavy atom. The normalized spacial score (nSPS) is 12.8. The van der Waals surface area contributed by atoms with Crippen molar-refractivity contribution in [1.82, 2.24) is 9.88 Å². The summed E-state index contributed by atoms with van der Waals surface area (Å²) >= 11 is 3.61. The highest BCUT2D eigenvalue weighted by molar-refractivity contribution is 9.10. The van der Waals surface area contributed by atoms with Crippen molar-refractivity contribution in [2.45, 2.75) is 5.92 Å². The highest BCUT2D eigenvalue weighted by Gasteiger charge is 2.25. The van der Waals surface area contributed by atoms with E-state index >= 15 is 0 Å². The maximum atomic E-state index is 5.84. The van der Waals surface area contributed by atoms with Crippen LogP contribution in [-0.4, -0.2) is 37.6 Å². The maximum Gasteiger partial charge on any atom is 0.217 e. The predicted octanol–water partition coefficient (Wildman–Crippen LogP) is 6.78. The summed E-state index contributed by atoms with van der Waals surface area (Å²) in [4.78, 5) is 7.05. The molecule has 0 bridgehead atoms. The summed E-state index contributed by atoms with van der Waals surface area (Å²) in [7, 11) is 5.88. The number of methoxy groups -OCH3 is 1. The quantitative estimate of drug-likeness (QED) is 0.287. The monoisotopic (exact) mass is 486 g/mol. The molecule has 4 heteroatoms. The van der Waals surface area contributed by atoms with Crippen LogP contribution in [0.3, 0.4) is 0 Å². The molecule has 1 heterocycles. The number of nitrogens with zero attached hydrogens (tertiary/aromatic N) is 2. The number of aromatic nitrogens is 1. The highest BCUT2D eigenvalue weighted by atomic mass is 79.9. The zero-order valence-electron chi connectivity index (χ0n) is 18.6. The number of fused-ring (bicyclic) bond motifs is 1. The third-order valence-electron chi connectivity index (χ3n) is 5.50. The number of benzene rings is 3.